The molecular formula is C8H17NO2. The fourth-order valence-corrected chi connectivity index (χ4v) is 0.858. The van der Waals surface area contributed by atoms with Crippen molar-refractivity contribution in [2.24, 2.45) is 17.6 Å². The second kappa shape index (κ2) is 5.13. The first-order valence-corrected chi connectivity index (χ1v) is 3.98. The van der Waals surface area contributed by atoms with Gasteiger partial charge in [-0.15, -0.1) is 0 Å². The number of amides is 1. The first-order valence-electron chi connectivity index (χ1n) is 3.98. The molecule has 0 rings (SSSR count). The van der Waals surface area contributed by atoms with Crippen LogP contribution in [0, 0.1) is 11.8 Å². The summed E-state index contributed by atoms with van der Waals surface area (Å²) in [6.45, 7) is 4.03. The molecule has 0 aliphatic heterocycles. The monoisotopic (exact) mass is 159 g/mol. The smallest absolute Gasteiger partial charge is 0.222 e. The van der Waals surface area contributed by atoms with E-state index in [-0.39, 0.29) is 12.5 Å². The van der Waals surface area contributed by atoms with Crippen molar-refractivity contribution in [3.63, 3.8) is 0 Å². The van der Waals surface area contributed by atoms with Crippen molar-refractivity contribution in [2.45, 2.75) is 26.7 Å². The summed E-state index contributed by atoms with van der Waals surface area (Å²) in [4.78, 5) is 10.6. The minimum Gasteiger partial charge on any atom is -0.396 e. The van der Waals surface area contributed by atoms with E-state index in [2.05, 4.69) is 13.8 Å². The minimum absolute atomic E-state index is 0.123. The highest BCUT2D eigenvalue weighted by atomic mass is 16.3. The van der Waals surface area contributed by atoms with E-state index < -0.39 is 5.91 Å². The highest BCUT2D eigenvalue weighted by molar-refractivity contribution is 5.76. The SMILES string of the molecule is CC(C)CCC(CO)C(N)=O. The van der Waals surface area contributed by atoms with Crippen molar-refractivity contribution in [1.82, 2.24) is 0 Å². The van der Waals surface area contributed by atoms with Crippen LogP contribution in [-0.2, 0) is 4.79 Å². The fourth-order valence-electron chi connectivity index (χ4n) is 0.858. The normalized spacial score (nSPS) is 13.5. The van der Waals surface area contributed by atoms with Crippen LogP contribution in [0.5, 0.6) is 0 Å². The Balaban J connectivity index is 3.61. The molecule has 0 aromatic heterocycles. The summed E-state index contributed by atoms with van der Waals surface area (Å²) in [5.74, 6) is -0.186. The fraction of sp³-hybridized carbons (Fsp3) is 0.875. The van der Waals surface area contributed by atoms with E-state index in [1.165, 1.54) is 0 Å². The predicted octanol–water partition coefficient (Wildman–Crippen LogP) is 0.516. The molecule has 3 heteroatoms. The van der Waals surface area contributed by atoms with Crippen molar-refractivity contribution >= 4 is 5.91 Å². The molecule has 11 heavy (non-hydrogen) atoms. The maximum Gasteiger partial charge on any atom is 0.222 e. The van der Waals surface area contributed by atoms with Gasteiger partial charge in [-0.05, 0) is 12.3 Å². The molecule has 3 N–H and O–H groups in total. The Kier molecular flexibility index (Phi) is 4.86. The van der Waals surface area contributed by atoms with Crippen LogP contribution in [0.3, 0.4) is 0 Å². The maximum atomic E-state index is 10.6. The lowest BCUT2D eigenvalue weighted by atomic mass is 9.98. The zero-order chi connectivity index (χ0) is 8.85. The van der Waals surface area contributed by atoms with Gasteiger partial charge in [0.25, 0.3) is 0 Å². The van der Waals surface area contributed by atoms with Crippen LogP contribution < -0.4 is 5.73 Å². The molecule has 1 atom stereocenters. The van der Waals surface area contributed by atoms with Crippen molar-refractivity contribution < 1.29 is 9.90 Å². The molecule has 0 radical (unpaired) electrons. The Morgan fingerprint density at radius 1 is 1.45 bits per heavy atom. The molecule has 0 fully saturated rings. The summed E-state index contributed by atoms with van der Waals surface area (Å²) in [6, 6.07) is 0. The topological polar surface area (TPSA) is 63.3 Å². The van der Waals surface area contributed by atoms with E-state index in [1.807, 2.05) is 0 Å². The van der Waals surface area contributed by atoms with Crippen molar-refractivity contribution in [2.75, 3.05) is 6.61 Å². The molecular weight excluding hydrogens is 142 g/mol. The van der Waals surface area contributed by atoms with Gasteiger partial charge in [0.2, 0.25) is 5.91 Å². The number of carbonyl (C=O) groups is 1. The molecule has 0 aliphatic rings. The molecule has 0 aromatic carbocycles. The van der Waals surface area contributed by atoms with Gasteiger partial charge in [0, 0.05) is 0 Å². The lowest BCUT2D eigenvalue weighted by Crippen LogP contribution is -2.26. The number of hydrogen-bond donors (Lipinski definition) is 2. The first-order chi connectivity index (χ1) is 5.07. The number of carbonyl (C=O) groups excluding carboxylic acids is 1. The summed E-state index contributed by atoms with van der Waals surface area (Å²) in [7, 11) is 0. The summed E-state index contributed by atoms with van der Waals surface area (Å²) in [6.07, 6.45) is 1.64. The third-order valence-electron chi connectivity index (χ3n) is 1.72. The van der Waals surface area contributed by atoms with Gasteiger partial charge in [-0.2, -0.15) is 0 Å². The largest absolute Gasteiger partial charge is 0.396 e. The van der Waals surface area contributed by atoms with Crippen LogP contribution in [-0.4, -0.2) is 17.6 Å². The van der Waals surface area contributed by atoms with E-state index >= 15 is 0 Å². The van der Waals surface area contributed by atoms with Gasteiger partial charge in [0.05, 0.1) is 12.5 Å². The first kappa shape index (κ1) is 10.4. The Morgan fingerprint density at radius 3 is 2.27 bits per heavy atom. The van der Waals surface area contributed by atoms with Crippen molar-refractivity contribution in [3.05, 3.63) is 0 Å². The molecule has 3 nitrogen and oxygen atoms in total. The minimum atomic E-state index is -0.395. The number of aliphatic hydroxyl groups excluding tert-OH is 1. The van der Waals surface area contributed by atoms with Gasteiger partial charge in [0.15, 0.2) is 0 Å². The van der Waals surface area contributed by atoms with Gasteiger partial charge in [-0.25, -0.2) is 0 Å². The van der Waals surface area contributed by atoms with Gasteiger partial charge in [-0.1, -0.05) is 20.3 Å². The number of hydrogen-bond acceptors (Lipinski definition) is 2. The van der Waals surface area contributed by atoms with E-state index in [0.717, 1.165) is 6.42 Å². The van der Waals surface area contributed by atoms with E-state index in [1.54, 1.807) is 0 Å². The molecule has 0 heterocycles. The van der Waals surface area contributed by atoms with Crippen LogP contribution in [0.25, 0.3) is 0 Å². The summed E-state index contributed by atoms with van der Waals surface area (Å²) < 4.78 is 0. The van der Waals surface area contributed by atoms with Gasteiger partial charge in [0.1, 0.15) is 0 Å². The molecule has 0 aliphatic carbocycles. The summed E-state index contributed by atoms with van der Waals surface area (Å²) >= 11 is 0. The Labute approximate surface area is 67.6 Å². The van der Waals surface area contributed by atoms with Crippen LogP contribution in [0.15, 0.2) is 0 Å². The lowest BCUT2D eigenvalue weighted by Gasteiger charge is -2.10. The standard InChI is InChI=1S/C8H17NO2/c1-6(2)3-4-7(5-10)8(9)11/h6-7,10H,3-5H2,1-2H3,(H2,9,11). The van der Waals surface area contributed by atoms with E-state index in [4.69, 9.17) is 10.8 Å². The van der Waals surface area contributed by atoms with Gasteiger partial charge >= 0.3 is 0 Å². The van der Waals surface area contributed by atoms with Crippen LogP contribution in [0.4, 0.5) is 0 Å². The molecule has 66 valence electrons. The second-order valence-corrected chi connectivity index (χ2v) is 3.25. The van der Waals surface area contributed by atoms with Crippen LogP contribution in [0.1, 0.15) is 26.7 Å². The molecule has 0 spiro atoms. The van der Waals surface area contributed by atoms with E-state index in [0.29, 0.717) is 12.3 Å². The average molecular weight is 159 g/mol. The Hall–Kier alpha value is -0.570. The zero-order valence-corrected chi connectivity index (χ0v) is 7.21. The lowest BCUT2D eigenvalue weighted by molar-refractivity contribution is -0.123. The number of rotatable bonds is 5. The highest BCUT2D eigenvalue weighted by Crippen LogP contribution is 2.10. The molecule has 0 aromatic rings. The Morgan fingerprint density at radius 2 is 2.00 bits per heavy atom. The Bertz CT molecular complexity index is 123. The summed E-state index contributed by atoms with van der Waals surface area (Å²) in [5.41, 5.74) is 5.03. The number of primary amides is 1. The molecule has 0 bridgehead atoms. The number of nitrogens with two attached hydrogens (primary N) is 1. The van der Waals surface area contributed by atoms with Gasteiger partial charge < -0.3 is 10.8 Å². The van der Waals surface area contributed by atoms with E-state index in [9.17, 15) is 4.79 Å². The van der Waals surface area contributed by atoms with Crippen molar-refractivity contribution in [3.8, 4) is 0 Å². The predicted molar refractivity (Wildman–Crippen MR) is 43.8 cm³/mol. The second-order valence-electron chi connectivity index (χ2n) is 3.25. The molecule has 1 unspecified atom stereocenters. The maximum absolute atomic E-state index is 10.6. The van der Waals surface area contributed by atoms with Gasteiger partial charge in [-0.3, -0.25) is 4.79 Å². The third kappa shape index (κ3) is 4.79. The van der Waals surface area contributed by atoms with Crippen molar-refractivity contribution in [1.29, 1.82) is 0 Å². The zero-order valence-electron chi connectivity index (χ0n) is 7.21. The number of aliphatic hydroxyl groups is 1. The quantitative estimate of drug-likeness (QED) is 0.614. The third-order valence-corrected chi connectivity index (χ3v) is 1.72. The summed E-state index contributed by atoms with van der Waals surface area (Å²) in [5, 5.41) is 8.71. The molecule has 0 saturated heterocycles. The molecule has 0 saturated carbocycles. The highest BCUT2D eigenvalue weighted by Gasteiger charge is 2.13. The van der Waals surface area contributed by atoms with Crippen LogP contribution in [0.2, 0.25) is 0 Å². The molecule has 1 amide bonds. The average Bonchev–Trinajstić information content (AvgIpc) is 1.87. The van der Waals surface area contributed by atoms with Crippen LogP contribution >= 0.6 is 0 Å².